The molecule has 2 rings (SSSR count). The summed E-state index contributed by atoms with van der Waals surface area (Å²) in [6.45, 7) is 0.717. The molecule has 0 fully saturated rings. The molecular weight excluding hydrogens is 362 g/mol. The average molecular weight is 380 g/mol. The molecule has 0 saturated carbocycles. The lowest BCUT2D eigenvalue weighted by Crippen LogP contribution is -2.32. The third-order valence-electron chi connectivity index (χ3n) is 2.92. The number of hydrogen-bond acceptors (Lipinski definition) is 4. The zero-order chi connectivity index (χ0) is 16.5. The van der Waals surface area contributed by atoms with Crippen LogP contribution in [0.1, 0.15) is 0 Å². The van der Waals surface area contributed by atoms with Crippen LogP contribution < -0.4 is 19.5 Å². The van der Waals surface area contributed by atoms with E-state index in [-0.39, 0.29) is 12.5 Å². The summed E-state index contributed by atoms with van der Waals surface area (Å²) in [5.41, 5.74) is 0. The second kappa shape index (κ2) is 9.05. The van der Waals surface area contributed by atoms with Gasteiger partial charge in [-0.1, -0.05) is 34.1 Å². The van der Waals surface area contributed by atoms with Crippen LogP contribution in [-0.2, 0) is 4.79 Å². The summed E-state index contributed by atoms with van der Waals surface area (Å²) in [7, 11) is 1.56. The minimum Gasteiger partial charge on any atom is -0.493 e. The van der Waals surface area contributed by atoms with Gasteiger partial charge in [0.05, 0.1) is 13.7 Å². The number of benzene rings is 2. The molecule has 0 aliphatic rings. The van der Waals surface area contributed by atoms with Gasteiger partial charge in [-0.2, -0.15) is 0 Å². The third-order valence-corrected chi connectivity index (χ3v) is 3.41. The van der Waals surface area contributed by atoms with Gasteiger partial charge in [0.25, 0.3) is 5.91 Å². The Morgan fingerprint density at radius 3 is 2.61 bits per heavy atom. The Labute approximate surface area is 143 Å². The van der Waals surface area contributed by atoms with Crippen molar-refractivity contribution in [2.75, 3.05) is 26.9 Å². The molecule has 2 aromatic carbocycles. The van der Waals surface area contributed by atoms with Crippen LogP contribution >= 0.6 is 15.9 Å². The van der Waals surface area contributed by atoms with Gasteiger partial charge in [0.1, 0.15) is 12.4 Å². The Bertz CT molecular complexity index is 648. The Hall–Kier alpha value is -2.21. The number of carbonyl (C=O) groups excluding carboxylic acids is 1. The summed E-state index contributed by atoms with van der Waals surface area (Å²) in [6.07, 6.45) is 0. The number of hydrogen-bond donors (Lipinski definition) is 1. The zero-order valence-corrected chi connectivity index (χ0v) is 14.3. The van der Waals surface area contributed by atoms with Crippen molar-refractivity contribution in [2.24, 2.45) is 0 Å². The zero-order valence-electron chi connectivity index (χ0n) is 12.8. The quantitative estimate of drug-likeness (QED) is 0.716. The van der Waals surface area contributed by atoms with Crippen LogP contribution in [0.15, 0.2) is 53.0 Å². The molecule has 1 amide bonds. The number of ether oxygens (including phenoxy) is 3. The first-order valence-electron chi connectivity index (χ1n) is 7.10. The average Bonchev–Trinajstić information content (AvgIpc) is 2.57. The summed E-state index contributed by atoms with van der Waals surface area (Å²) in [6, 6.07) is 14.7. The van der Waals surface area contributed by atoms with Crippen molar-refractivity contribution in [2.45, 2.75) is 0 Å². The van der Waals surface area contributed by atoms with E-state index in [9.17, 15) is 4.79 Å². The maximum atomic E-state index is 11.7. The Balaban J connectivity index is 1.67. The molecule has 5 nitrogen and oxygen atoms in total. The minimum atomic E-state index is -0.214. The highest BCUT2D eigenvalue weighted by atomic mass is 79.9. The molecule has 0 heterocycles. The molecule has 0 aromatic heterocycles. The van der Waals surface area contributed by atoms with Crippen molar-refractivity contribution in [1.29, 1.82) is 0 Å². The van der Waals surface area contributed by atoms with Gasteiger partial charge in [-0.15, -0.1) is 0 Å². The fourth-order valence-electron chi connectivity index (χ4n) is 1.85. The molecular formula is C17H18BrNO4. The van der Waals surface area contributed by atoms with Crippen molar-refractivity contribution < 1.29 is 19.0 Å². The largest absolute Gasteiger partial charge is 0.493 e. The number of halogens is 1. The van der Waals surface area contributed by atoms with E-state index in [1.165, 1.54) is 0 Å². The molecule has 122 valence electrons. The first kappa shape index (κ1) is 17.1. The van der Waals surface area contributed by atoms with E-state index >= 15 is 0 Å². The van der Waals surface area contributed by atoms with Gasteiger partial charge >= 0.3 is 0 Å². The molecule has 2 aromatic rings. The SMILES string of the molecule is COc1ccccc1OCC(=O)NCCOc1cccc(Br)c1. The molecule has 0 bridgehead atoms. The Morgan fingerprint density at radius 2 is 1.87 bits per heavy atom. The van der Waals surface area contributed by atoms with Gasteiger partial charge in [0.15, 0.2) is 18.1 Å². The van der Waals surface area contributed by atoms with Gasteiger partial charge in [0, 0.05) is 4.47 Å². The van der Waals surface area contributed by atoms with Crippen molar-refractivity contribution >= 4 is 21.8 Å². The number of carbonyl (C=O) groups is 1. The van der Waals surface area contributed by atoms with Crippen LogP contribution in [-0.4, -0.2) is 32.8 Å². The van der Waals surface area contributed by atoms with Crippen molar-refractivity contribution in [3.05, 3.63) is 53.0 Å². The first-order chi connectivity index (χ1) is 11.2. The molecule has 6 heteroatoms. The van der Waals surface area contributed by atoms with E-state index in [0.29, 0.717) is 24.7 Å². The van der Waals surface area contributed by atoms with Crippen LogP contribution in [0, 0.1) is 0 Å². The van der Waals surface area contributed by atoms with Gasteiger partial charge in [-0.05, 0) is 30.3 Å². The summed E-state index contributed by atoms with van der Waals surface area (Å²) < 4.78 is 17.1. The molecule has 1 N–H and O–H groups in total. The van der Waals surface area contributed by atoms with Crippen molar-refractivity contribution in [3.63, 3.8) is 0 Å². The number of nitrogens with one attached hydrogen (secondary N) is 1. The van der Waals surface area contributed by atoms with Crippen LogP contribution in [0.2, 0.25) is 0 Å². The van der Waals surface area contributed by atoms with E-state index in [1.54, 1.807) is 19.2 Å². The number of rotatable bonds is 8. The highest BCUT2D eigenvalue weighted by Gasteiger charge is 2.06. The summed E-state index contributed by atoms with van der Waals surface area (Å²) in [4.78, 5) is 11.7. The van der Waals surface area contributed by atoms with Crippen molar-refractivity contribution in [1.82, 2.24) is 5.32 Å². The molecule has 0 radical (unpaired) electrons. The summed E-state index contributed by atoms with van der Waals surface area (Å²) in [5, 5.41) is 2.73. The maximum absolute atomic E-state index is 11.7. The van der Waals surface area contributed by atoms with E-state index < -0.39 is 0 Å². The van der Waals surface area contributed by atoms with E-state index in [2.05, 4.69) is 21.2 Å². The Kier molecular flexibility index (Phi) is 6.75. The minimum absolute atomic E-state index is 0.0722. The van der Waals surface area contributed by atoms with Crippen LogP contribution in [0.25, 0.3) is 0 Å². The smallest absolute Gasteiger partial charge is 0.258 e. The highest BCUT2D eigenvalue weighted by molar-refractivity contribution is 9.10. The summed E-state index contributed by atoms with van der Waals surface area (Å²) in [5.74, 6) is 1.67. The normalized spacial score (nSPS) is 10.0. The van der Waals surface area contributed by atoms with E-state index in [4.69, 9.17) is 14.2 Å². The predicted molar refractivity (Wildman–Crippen MR) is 91.1 cm³/mol. The molecule has 0 aliphatic carbocycles. The molecule has 0 spiro atoms. The molecule has 0 atom stereocenters. The highest BCUT2D eigenvalue weighted by Crippen LogP contribution is 2.25. The fraction of sp³-hybridized carbons (Fsp3) is 0.235. The van der Waals surface area contributed by atoms with Crippen LogP contribution in [0.5, 0.6) is 17.2 Å². The Morgan fingerprint density at radius 1 is 1.09 bits per heavy atom. The lowest BCUT2D eigenvalue weighted by molar-refractivity contribution is -0.123. The second-order valence-corrected chi connectivity index (χ2v) is 5.51. The molecule has 0 aliphatic heterocycles. The molecule has 0 saturated heterocycles. The number of para-hydroxylation sites is 2. The molecule has 0 unspecified atom stereocenters. The monoisotopic (exact) mass is 379 g/mol. The van der Waals surface area contributed by atoms with Crippen LogP contribution in [0.3, 0.4) is 0 Å². The van der Waals surface area contributed by atoms with Gasteiger partial charge < -0.3 is 19.5 Å². The predicted octanol–water partition coefficient (Wildman–Crippen LogP) is 3.03. The lowest BCUT2D eigenvalue weighted by atomic mass is 10.3. The topological polar surface area (TPSA) is 56.8 Å². The molecule has 23 heavy (non-hydrogen) atoms. The maximum Gasteiger partial charge on any atom is 0.258 e. The standard InChI is InChI=1S/C17H18BrNO4/c1-21-15-7-2-3-8-16(15)23-12-17(20)19-9-10-22-14-6-4-5-13(18)11-14/h2-8,11H,9-10,12H2,1H3,(H,19,20). The van der Waals surface area contributed by atoms with E-state index in [1.807, 2.05) is 36.4 Å². The second-order valence-electron chi connectivity index (χ2n) is 4.60. The van der Waals surface area contributed by atoms with Crippen molar-refractivity contribution in [3.8, 4) is 17.2 Å². The lowest BCUT2D eigenvalue weighted by Gasteiger charge is -2.11. The number of amides is 1. The van der Waals surface area contributed by atoms with E-state index in [0.717, 1.165) is 10.2 Å². The van der Waals surface area contributed by atoms with Crippen LogP contribution in [0.4, 0.5) is 0 Å². The summed E-state index contributed by atoms with van der Waals surface area (Å²) >= 11 is 3.37. The first-order valence-corrected chi connectivity index (χ1v) is 7.89. The third kappa shape index (κ3) is 5.83. The van der Waals surface area contributed by atoms with Gasteiger partial charge in [0.2, 0.25) is 0 Å². The number of methoxy groups -OCH3 is 1. The van der Waals surface area contributed by atoms with Gasteiger partial charge in [-0.3, -0.25) is 4.79 Å². The fourth-order valence-corrected chi connectivity index (χ4v) is 2.23. The van der Waals surface area contributed by atoms with Gasteiger partial charge in [-0.25, -0.2) is 0 Å².